The van der Waals surface area contributed by atoms with Gasteiger partial charge < -0.3 is 10.4 Å². The van der Waals surface area contributed by atoms with Gasteiger partial charge in [-0.1, -0.05) is 19.4 Å². The van der Waals surface area contributed by atoms with Gasteiger partial charge in [0.1, 0.15) is 5.01 Å². The van der Waals surface area contributed by atoms with Crippen molar-refractivity contribution in [3.63, 3.8) is 0 Å². The topological polar surface area (TPSA) is 58.0 Å². The lowest BCUT2D eigenvalue weighted by Gasteiger charge is -2.13. The molecule has 5 heteroatoms. The molecule has 0 amide bonds. The van der Waals surface area contributed by atoms with Crippen LogP contribution >= 0.6 is 11.3 Å². The van der Waals surface area contributed by atoms with Crippen molar-refractivity contribution in [3.8, 4) is 10.7 Å². The van der Waals surface area contributed by atoms with E-state index in [0.29, 0.717) is 5.92 Å². The minimum Gasteiger partial charge on any atom is -0.396 e. The molecule has 4 nitrogen and oxygen atoms in total. The molecule has 20 heavy (non-hydrogen) atoms. The molecule has 0 bridgehead atoms. The molecule has 0 spiro atoms. The number of nitrogens with one attached hydrogen (secondary N) is 1. The molecule has 0 aliphatic heterocycles. The molecule has 2 heterocycles. The van der Waals surface area contributed by atoms with Crippen molar-refractivity contribution in [1.82, 2.24) is 15.3 Å². The summed E-state index contributed by atoms with van der Waals surface area (Å²) in [6.07, 6.45) is 3.74. The summed E-state index contributed by atoms with van der Waals surface area (Å²) >= 11 is 1.62. The van der Waals surface area contributed by atoms with Crippen LogP contribution in [0.15, 0.2) is 29.8 Å². The first-order valence-electron chi connectivity index (χ1n) is 7.00. The third-order valence-corrected chi connectivity index (χ3v) is 4.20. The van der Waals surface area contributed by atoms with Crippen LogP contribution in [0.2, 0.25) is 0 Å². The Balaban J connectivity index is 1.84. The van der Waals surface area contributed by atoms with Crippen LogP contribution < -0.4 is 5.32 Å². The summed E-state index contributed by atoms with van der Waals surface area (Å²) in [4.78, 5) is 8.90. The molecule has 2 aromatic heterocycles. The van der Waals surface area contributed by atoms with Crippen molar-refractivity contribution in [2.45, 2.75) is 26.3 Å². The van der Waals surface area contributed by atoms with E-state index >= 15 is 0 Å². The lowest BCUT2D eigenvalue weighted by molar-refractivity contribution is 0.251. The third kappa shape index (κ3) is 4.37. The van der Waals surface area contributed by atoms with E-state index in [1.54, 1.807) is 17.5 Å². The number of hydrogen-bond acceptors (Lipinski definition) is 5. The Kier molecular flexibility index (Phi) is 6.11. The Bertz CT molecular complexity index is 501. The van der Waals surface area contributed by atoms with E-state index in [2.05, 4.69) is 27.6 Å². The summed E-state index contributed by atoms with van der Waals surface area (Å²) in [5.41, 5.74) is 1.98. The van der Waals surface area contributed by atoms with E-state index in [9.17, 15) is 0 Å². The molecule has 0 aliphatic carbocycles. The number of aromatic nitrogens is 2. The average molecular weight is 291 g/mol. The number of hydrogen-bond donors (Lipinski definition) is 2. The maximum atomic E-state index is 8.97. The summed E-state index contributed by atoms with van der Waals surface area (Å²) in [7, 11) is 0. The Labute approximate surface area is 123 Å². The highest BCUT2D eigenvalue weighted by Gasteiger charge is 2.07. The van der Waals surface area contributed by atoms with Crippen molar-refractivity contribution >= 4 is 11.3 Å². The second-order valence-corrected chi connectivity index (χ2v) is 5.63. The molecule has 0 fully saturated rings. The highest BCUT2D eigenvalue weighted by atomic mass is 32.1. The number of aliphatic hydroxyl groups is 1. The van der Waals surface area contributed by atoms with E-state index < -0.39 is 0 Å². The fraction of sp³-hybridized carbons (Fsp3) is 0.467. The van der Waals surface area contributed by atoms with Gasteiger partial charge in [0.2, 0.25) is 0 Å². The lowest BCUT2D eigenvalue weighted by atomic mass is 10.0. The van der Waals surface area contributed by atoms with Crippen LogP contribution in [0.25, 0.3) is 10.7 Å². The summed E-state index contributed by atoms with van der Waals surface area (Å²) in [5.74, 6) is 0.536. The second kappa shape index (κ2) is 8.09. The van der Waals surface area contributed by atoms with E-state index in [1.165, 1.54) is 0 Å². The first kappa shape index (κ1) is 15.1. The van der Waals surface area contributed by atoms with Gasteiger partial charge >= 0.3 is 0 Å². The molecule has 108 valence electrons. The summed E-state index contributed by atoms with van der Waals surface area (Å²) in [5, 5.41) is 15.4. The predicted octanol–water partition coefficient (Wildman–Crippen LogP) is 2.70. The zero-order valence-corrected chi connectivity index (χ0v) is 12.6. The maximum absolute atomic E-state index is 8.97. The van der Waals surface area contributed by atoms with Crippen LogP contribution in [0.1, 0.15) is 25.5 Å². The van der Waals surface area contributed by atoms with Crippen LogP contribution in [0.4, 0.5) is 0 Å². The molecule has 0 aliphatic rings. The van der Waals surface area contributed by atoms with Crippen molar-refractivity contribution in [2.24, 2.45) is 5.92 Å². The van der Waals surface area contributed by atoms with Crippen LogP contribution in [-0.4, -0.2) is 28.2 Å². The first-order valence-corrected chi connectivity index (χ1v) is 7.88. The Morgan fingerprint density at radius 3 is 3.00 bits per heavy atom. The highest BCUT2D eigenvalue weighted by molar-refractivity contribution is 7.13. The van der Waals surface area contributed by atoms with Crippen molar-refractivity contribution in [1.29, 1.82) is 0 Å². The van der Waals surface area contributed by atoms with E-state index in [-0.39, 0.29) is 6.61 Å². The Morgan fingerprint density at radius 2 is 2.30 bits per heavy atom. The number of rotatable bonds is 8. The monoisotopic (exact) mass is 291 g/mol. The molecule has 0 saturated heterocycles. The van der Waals surface area contributed by atoms with E-state index in [1.807, 2.05) is 18.2 Å². The number of nitrogens with zero attached hydrogens (tertiary/aromatic N) is 2. The van der Waals surface area contributed by atoms with Crippen molar-refractivity contribution in [2.75, 3.05) is 13.2 Å². The van der Waals surface area contributed by atoms with Crippen LogP contribution in [0.5, 0.6) is 0 Å². The summed E-state index contributed by atoms with van der Waals surface area (Å²) in [6, 6.07) is 5.86. The van der Waals surface area contributed by atoms with Crippen molar-refractivity contribution in [3.05, 3.63) is 35.5 Å². The number of aliphatic hydroxyl groups excluding tert-OH is 1. The third-order valence-electron chi connectivity index (χ3n) is 3.29. The van der Waals surface area contributed by atoms with Gasteiger partial charge in [-0.3, -0.25) is 4.98 Å². The van der Waals surface area contributed by atoms with Gasteiger partial charge in [-0.05, 0) is 31.0 Å². The zero-order chi connectivity index (χ0) is 14.2. The van der Waals surface area contributed by atoms with Crippen LogP contribution in [0.3, 0.4) is 0 Å². The molecule has 2 rings (SSSR count). The fourth-order valence-electron chi connectivity index (χ4n) is 2.03. The number of thiazole rings is 1. The van der Waals surface area contributed by atoms with Crippen LogP contribution in [0, 0.1) is 5.92 Å². The van der Waals surface area contributed by atoms with Gasteiger partial charge in [0.05, 0.1) is 11.4 Å². The minimum absolute atomic E-state index is 0.265. The molecular formula is C15H21N3OS. The van der Waals surface area contributed by atoms with Gasteiger partial charge in [0.25, 0.3) is 0 Å². The largest absolute Gasteiger partial charge is 0.396 e. The summed E-state index contributed by atoms with van der Waals surface area (Å²) < 4.78 is 0. The molecule has 0 radical (unpaired) electrons. The SMILES string of the molecule is CCC(CCO)CNCc1csc(-c2ccccn2)n1. The summed E-state index contributed by atoms with van der Waals surface area (Å²) in [6.45, 7) is 4.11. The van der Waals surface area contributed by atoms with Gasteiger partial charge in [-0.15, -0.1) is 11.3 Å². The lowest BCUT2D eigenvalue weighted by Crippen LogP contribution is -2.23. The molecule has 2 aromatic rings. The van der Waals surface area contributed by atoms with Gasteiger partial charge in [0, 0.05) is 24.7 Å². The van der Waals surface area contributed by atoms with Crippen LogP contribution in [-0.2, 0) is 6.54 Å². The van der Waals surface area contributed by atoms with Gasteiger partial charge in [-0.25, -0.2) is 4.98 Å². The minimum atomic E-state index is 0.265. The molecule has 2 N–H and O–H groups in total. The van der Waals surface area contributed by atoms with Gasteiger partial charge in [0.15, 0.2) is 0 Å². The molecular weight excluding hydrogens is 270 g/mol. The number of pyridine rings is 1. The fourth-order valence-corrected chi connectivity index (χ4v) is 2.83. The molecule has 1 atom stereocenters. The molecule has 0 saturated carbocycles. The normalized spacial score (nSPS) is 12.5. The average Bonchev–Trinajstić information content (AvgIpc) is 2.96. The highest BCUT2D eigenvalue weighted by Crippen LogP contribution is 2.21. The standard InChI is InChI=1S/C15H21N3OS/c1-2-12(6-8-19)9-16-10-13-11-20-15(18-13)14-5-3-4-7-17-14/h3-5,7,11-12,16,19H,2,6,8-10H2,1H3. The second-order valence-electron chi connectivity index (χ2n) is 4.78. The predicted molar refractivity (Wildman–Crippen MR) is 82.5 cm³/mol. The van der Waals surface area contributed by atoms with E-state index in [0.717, 1.165) is 42.3 Å². The Morgan fingerprint density at radius 1 is 1.40 bits per heavy atom. The smallest absolute Gasteiger partial charge is 0.142 e. The quantitative estimate of drug-likeness (QED) is 0.785. The Hall–Kier alpha value is -1.30. The van der Waals surface area contributed by atoms with Gasteiger partial charge in [-0.2, -0.15) is 0 Å². The first-order chi connectivity index (χ1) is 9.83. The maximum Gasteiger partial charge on any atom is 0.142 e. The van der Waals surface area contributed by atoms with E-state index in [4.69, 9.17) is 5.11 Å². The molecule has 1 unspecified atom stereocenters. The zero-order valence-electron chi connectivity index (χ0n) is 11.7. The van der Waals surface area contributed by atoms with Crippen molar-refractivity contribution < 1.29 is 5.11 Å². The molecule has 0 aromatic carbocycles.